The van der Waals surface area contributed by atoms with E-state index in [1.165, 1.54) is 5.56 Å². The van der Waals surface area contributed by atoms with E-state index in [1.54, 1.807) is 0 Å². The first-order chi connectivity index (χ1) is 8.29. The third kappa shape index (κ3) is 3.53. The molecule has 1 aromatic carbocycles. The highest BCUT2D eigenvalue weighted by molar-refractivity contribution is 5.21. The molecule has 0 spiro atoms. The third-order valence-corrected chi connectivity index (χ3v) is 3.47. The number of rotatable bonds is 5. The molecule has 0 aromatic heterocycles. The molecule has 2 atom stereocenters. The fourth-order valence-corrected chi connectivity index (χ4v) is 2.21. The number of benzene rings is 1. The summed E-state index contributed by atoms with van der Waals surface area (Å²) in [4.78, 5) is 0. The van der Waals surface area contributed by atoms with Gasteiger partial charge in [0.1, 0.15) is 0 Å². The predicted octanol–water partition coefficient (Wildman–Crippen LogP) is 1.69. The molecule has 2 unspecified atom stereocenters. The van der Waals surface area contributed by atoms with Gasteiger partial charge >= 0.3 is 0 Å². The Morgan fingerprint density at radius 2 is 2.00 bits per heavy atom. The minimum absolute atomic E-state index is 0.116. The molecule has 0 amide bonds. The maximum atomic E-state index is 8.95. The van der Waals surface area contributed by atoms with Gasteiger partial charge in [-0.2, -0.15) is 0 Å². The van der Waals surface area contributed by atoms with Crippen LogP contribution in [-0.2, 0) is 17.9 Å². The average molecular weight is 235 g/mol. The number of ether oxygens (including phenoxy) is 1. The number of nitrogens with one attached hydrogen (secondary N) is 1. The van der Waals surface area contributed by atoms with E-state index in [0.29, 0.717) is 12.0 Å². The summed E-state index contributed by atoms with van der Waals surface area (Å²) >= 11 is 0. The number of aliphatic hydroxyl groups excluding tert-OH is 1. The van der Waals surface area contributed by atoms with Crippen molar-refractivity contribution >= 4 is 0 Å². The van der Waals surface area contributed by atoms with Gasteiger partial charge in [0.05, 0.1) is 12.7 Å². The van der Waals surface area contributed by atoms with Crippen molar-refractivity contribution in [1.82, 2.24) is 5.32 Å². The Labute approximate surface area is 103 Å². The van der Waals surface area contributed by atoms with Crippen LogP contribution in [0.4, 0.5) is 0 Å². The first kappa shape index (κ1) is 12.6. The van der Waals surface area contributed by atoms with Crippen LogP contribution in [0.15, 0.2) is 24.3 Å². The summed E-state index contributed by atoms with van der Waals surface area (Å²) in [6.07, 6.45) is 1.55. The lowest BCUT2D eigenvalue weighted by molar-refractivity contribution is 0.105. The highest BCUT2D eigenvalue weighted by atomic mass is 16.5. The normalized spacial score (nSPS) is 24.1. The molecule has 17 heavy (non-hydrogen) atoms. The van der Waals surface area contributed by atoms with Crippen molar-refractivity contribution in [3.63, 3.8) is 0 Å². The molecule has 1 aliphatic rings. The van der Waals surface area contributed by atoms with Crippen molar-refractivity contribution in [3.8, 4) is 0 Å². The molecule has 0 aliphatic carbocycles. The van der Waals surface area contributed by atoms with Crippen LogP contribution in [0.5, 0.6) is 0 Å². The zero-order valence-corrected chi connectivity index (χ0v) is 10.4. The number of aliphatic hydroxyl groups is 1. The molecule has 3 heteroatoms. The Morgan fingerprint density at radius 1 is 1.29 bits per heavy atom. The quantitative estimate of drug-likeness (QED) is 0.816. The van der Waals surface area contributed by atoms with E-state index in [4.69, 9.17) is 9.84 Å². The van der Waals surface area contributed by atoms with Crippen LogP contribution in [0.2, 0.25) is 0 Å². The monoisotopic (exact) mass is 235 g/mol. The van der Waals surface area contributed by atoms with E-state index < -0.39 is 0 Å². The number of hydrogen-bond acceptors (Lipinski definition) is 3. The van der Waals surface area contributed by atoms with Crippen LogP contribution < -0.4 is 5.32 Å². The Balaban J connectivity index is 1.73. The molecule has 2 N–H and O–H groups in total. The van der Waals surface area contributed by atoms with Gasteiger partial charge in [0.2, 0.25) is 0 Å². The highest BCUT2D eigenvalue weighted by Gasteiger charge is 2.23. The van der Waals surface area contributed by atoms with Gasteiger partial charge in [-0.15, -0.1) is 0 Å². The summed E-state index contributed by atoms with van der Waals surface area (Å²) in [5.74, 6) is 0.645. The topological polar surface area (TPSA) is 41.5 Å². The zero-order chi connectivity index (χ0) is 12.1. The first-order valence-electron chi connectivity index (χ1n) is 6.30. The van der Waals surface area contributed by atoms with E-state index >= 15 is 0 Å². The largest absolute Gasteiger partial charge is 0.392 e. The van der Waals surface area contributed by atoms with Crippen LogP contribution >= 0.6 is 0 Å². The lowest BCUT2D eigenvalue weighted by Gasteiger charge is -2.14. The SMILES string of the molecule is CC1OCCC1CNCc1ccc(CO)cc1. The van der Waals surface area contributed by atoms with Crippen LogP contribution in [-0.4, -0.2) is 24.4 Å². The summed E-state index contributed by atoms with van der Waals surface area (Å²) in [5.41, 5.74) is 2.22. The molecular weight excluding hydrogens is 214 g/mol. The van der Waals surface area contributed by atoms with Gasteiger partial charge in [-0.3, -0.25) is 0 Å². The molecule has 1 heterocycles. The lowest BCUT2D eigenvalue weighted by Crippen LogP contribution is -2.26. The van der Waals surface area contributed by atoms with E-state index in [0.717, 1.165) is 31.7 Å². The van der Waals surface area contributed by atoms with Crippen molar-refractivity contribution < 1.29 is 9.84 Å². The van der Waals surface area contributed by atoms with Crippen LogP contribution in [0.1, 0.15) is 24.5 Å². The lowest BCUT2D eigenvalue weighted by atomic mass is 10.0. The second-order valence-corrected chi connectivity index (χ2v) is 4.73. The molecule has 0 radical (unpaired) electrons. The molecule has 3 nitrogen and oxygen atoms in total. The van der Waals surface area contributed by atoms with Gasteiger partial charge in [-0.1, -0.05) is 24.3 Å². The van der Waals surface area contributed by atoms with Gasteiger partial charge < -0.3 is 15.2 Å². The van der Waals surface area contributed by atoms with Crippen LogP contribution in [0.25, 0.3) is 0 Å². The molecular formula is C14H21NO2. The van der Waals surface area contributed by atoms with Crippen molar-refractivity contribution in [2.45, 2.75) is 32.6 Å². The zero-order valence-electron chi connectivity index (χ0n) is 10.4. The minimum Gasteiger partial charge on any atom is -0.392 e. The van der Waals surface area contributed by atoms with Crippen LogP contribution in [0.3, 0.4) is 0 Å². The Bertz CT molecular complexity index is 337. The summed E-state index contributed by atoms with van der Waals surface area (Å²) in [6, 6.07) is 8.07. The average Bonchev–Trinajstić information content (AvgIpc) is 2.76. The Kier molecular flexibility index (Phi) is 4.54. The van der Waals surface area contributed by atoms with E-state index in [1.807, 2.05) is 12.1 Å². The second-order valence-electron chi connectivity index (χ2n) is 4.73. The van der Waals surface area contributed by atoms with Gasteiger partial charge in [0.15, 0.2) is 0 Å². The third-order valence-electron chi connectivity index (χ3n) is 3.47. The molecule has 2 rings (SSSR count). The maximum Gasteiger partial charge on any atom is 0.0681 e. The Hall–Kier alpha value is -0.900. The van der Waals surface area contributed by atoms with Crippen molar-refractivity contribution in [1.29, 1.82) is 0 Å². The van der Waals surface area contributed by atoms with Crippen molar-refractivity contribution in [2.75, 3.05) is 13.2 Å². The van der Waals surface area contributed by atoms with Gasteiger partial charge in [0.25, 0.3) is 0 Å². The minimum atomic E-state index is 0.116. The molecule has 94 valence electrons. The summed E-state index contributed by atoms with van der Waals surface area (Å²) in [5, 5.41) is 12.4. The van der Waals surface area contributed by atoms with Crippen LogP contribution in [0, 0.1) is 5.92 Å². The van der Waals surface area contributed by atoms with E-state index in [2.05, 4.69) is 24.4 Å². The number of hydrogen-bond donors (Lipinski definition) is 2. The fourth-order valence-electron chi connectivity index (χ4n) is 2.21. The highest BCUT2D eigenvalue weighted by Crippen LogP contribution is 2.19. The van der Waals surface area contributed by atoms with Gasteiger partial charge in [0, 0.05) is 19.7 Å². The van der Waals surface area contributed by atoms with Gasteiger partial charge in [-0.25, -0.2) is 0 Å². The summed E-state index contributed by atoms with van der Waals surface area (Å²) < 4.78 is 5.53. The van der Waals surface area contributed by atoms with Gasteiger partial charge in [-0.05, 0) is 30.4 Å². The van der Waals surface area contributed by atoms with E-state index in [9.17, 15) is 0 Å². The van der Waals surface area contributed by atoms with Crippen molar-refractivity contribution in [2.24, 2.45) is 5.92 Å². The second kappa shape index (κ2) is 6.15. The smallest absolute Gasteiger partial charge is 0.0681 e. The summed E-state index contributed by atoms with van der Waals surface area (Å²) in [7, 11) is 0. The maximum absolute atomic E-state index is 8.95. The first-order valence-corrected chi connectivity index (χ1v) is 6.30. The predicted molar refractivity (Wildman–Crippen MR) is 67.6 cm³/mol. The Morgan fingerprint density at radius 3 is 2.59 bits per heavy atom. The molecule has 1 saturated heterocycles. The fraction of sp³-hybridized carbons (Fsp3) is 0.571. The molecule has 0 saturated carbocycles. The molecule has 1 fully saturated rings. The van der Waals surface area contributed by atoms with E-state index in [-0.39, 0.29) is 6.61 Å². The summed E-state index contributed by atoms with van der Waals surface area (Å²) in [6.45, 7) is 5.07. The molecule has 1 aromatic rings. The molecule has 0 bridgehead atoms. The standard InChI is InChI=1S/C14H21NO2/c1-11-14(6-7-17-11)9-15-8-12-2-4-13(10-16)5-3-12/h2-5,11,14-16H,6-10H2,1H3. The molecule has 1 aliphatic heterocycles. The van der Waals surface area contributed by atoms with Crippen molar-refractivity contribution in [3.05, 3.63) is 35.4 Å².